The zero-order valence-corrected chi connectivity index (χ0v) is 16.2. The fourth-order valence-electron chi connectivity index (χ4n) is 2.67. The lowest BCUT2D eigenvalue weighted by atomic mass is 10.0. The molecule has 0 heterocycles. The average molecular weight is 387 g/mol. The van der Waals surface area contributed by atoms with Gasteiger partial charge in [0, 0.05) is 6.07 Å². The number of ether oxygens (including phenoxy) is 3. The minimum Gasteiger partial charge on any atom is -0.497 e. The van der Waals surface area contributed by atoms with Gasteiger partial charge in [-0.15, -0.1) is 0 Å². The van der Waals surface area contributed by atoms with Gasteiger partial charge in [-0.25, -0.2) is 0 Å². The lowest BCUT2D eigenvalue weighted by Gasteiger charge is -2.19. The van der Waals surface area contributed by atoms with E-state index in [-0.39, 0.29) is 6.42 Å². The van der Waals surface area contributed by atoms with Crippen LogP contribution in [0.3, 0.4) is 0 Å². The van der Waals surface area contributed by atoms with Gasteiger partial charge >= 0.3 is 5.97 Å². The number of rotatable bonds is 10. The topological polar surface area (TPSA) is 94.1 Å². The van der Waals surface area contributed by atoms with Crippen LogP contribution >= 0.6 is 0 Å². The Labute approximate surface area is 164 Å². The van der Waals surface area contributed by atoms with Crippen molar-refractivity contribution in [3.05, 3.63) is 53.6 Å². The second kappa shape index (κ2) is 10.2. The van der Waals surface area contributed by atoms with Crippen molar-refractivity contribution in [2.24, 2.45) is 0 Å². The van der Waals surface area contributed by atoms with Crippen molar-refractivity contribution in [1.29, 1.82) is 0 Å². The third-order valence-corrected chi connectivity index (χ3v) is 4.09. The van der Waals surface area contributed by atoms with Crippen molar-refractivity contribution >= 4 is 11.9 Å². The predicted octanol–water partition coefficient (Wildman–Crippen LogP) is 3.44. The standard InChI is InChI=1S/C21H25NO6/c1-4-11-28-15-7-5-14(6-8-15)18(13-20(23)24)22-21(25)17-10-9-16(26-2)12-19(17)27-3/h5-10,12,18H,4,11,13H2,1-3H3,(H,22,25)(H,23,24). The van der Waals surface area contributed by atoms with Crippen molar-refractivity contribution in [2.45, 2.75) is 25.8 Å². The molecule has 0 saturated heterocycles. The van der Waals surface area contributed by atoms with Crippen LogP contribution in [0.25, 0.3) is 0 Å². The van der Waals surface area contributed by atoms with E-state index in [9.17, 15) is 14.7 Å². The predicted molar refractivity (Wildman–Crippen MR) is 104 cm³/mol. The molecule has 2 rings (SSSR count). The maximum absolute atomic E-state index is 12.7. The molecule has 0 bridgehead atoms. The van der Waals surface area contributed by atoms with E-state index in [2.05, 4.69) is 5.32 Å². The van der Waals surface area contributed by atoms with E-state index < -0.39 is 17.9 Å². The highest BCUT2D eigenvalue weighted by Crippen LogP contribution is 2.26. The molecular weight excluding hydrogens is 362 g/mol. The van der Waals surface area contributed by atoms with E-state index in [1.807, 2.05) is 6.92 Å². The van der Waals surface area contributed by atoms with E-state index in [0.717, 1.165) is 6.42 Å². The van der Waals surface area contributed by atoms with Crippen molar-refractivity contribution in [2.75, 3.05) is 20.8 Å². The molecule has 1 atom stereocenters. The molecule has 0 aliphatic heterocycles. The molecule has 0 aliphatic carbocycles. The number of carboxylic acids is 1. The van der Waals surface area contributed by atoms with Crippen LogP contribution in [0.5, 0.6) is 17.2 Å². The number of carboxylic acid groups (broad SMARTS) is 1. The van der Waals surface area contributed by atoms with Gasteiger partial charge in [0.15, 0.2) is 0 Å². The molecule has 0 saturated carbocycles. The summed E-state index contributed by atoms with van der Waals surface area (Å²) in [6.45, 7) is 2.62. The first-order valence-corrected chi connectivity index (χ1v) is 8.96. The van der Waals surface area contributed by atoms with Gasteiger partial charge in [-0.3, -0.25) is 9.59 Å². The van der Waals surface area contributed by atoms with Crippen molar-refractivity contribution in [1.82, 2.24) is 5.32 Å². The van der Waals surface area contributed by atoms with Crippen LogP contribution in [0.1, 0.15) is 41.7 Å². The number of carbonyl (C=O) groups excluding carboxylic acids is 1. The number of hydrogen-bond donors (Lipinski definition) is 2. The molecule has 2 aromatic carbocycles. The summed E-state index contributed by atoms with van der Waals surface area (Å²) in [6, 6.07) is 11.2. The molecule has 2 aromatic rings. The van der Waals surface area contributed by atoms with E-state index >= 15 is 0 Å². The highest BCUT2D eigenvalue weighted by Gasteiger charge is 2.21. The van der Waals surface area contributed by atoms with Crippen LogP contribution in [0.4, 0.5) is 0 Å². The fraction of sp³-hybridized carbons (Fsp3) is 0.333. The molecule has 0 radical (unpaired) electrons. The Morgan fingerprint density at radius 1 is 1.04 bits per heavy atom. The van der Waals surface area contributed by atoms with Crippen LogP contribution in [0, 0.1) is 0 Å². The first-order chi connectivity index (χ1) is 13.5. The summed E-state index contributed by atoms with van der Waals surface area (Å²) >= 11 is 0. The van der Waals surface area contributed by atoms with Gasteiger partial charge in [-0.1, -0.05) is 19.1 Å². The Hall–Kier alpha value is -3.22. The van der Waals surface area contributed by atoms with Crippen LogP contribution in [0.2, 0.25) is 0 Å². The third-order valence-electron chi connectivity index (χ3n) is 4.09. The third kappa shape index (κ3) is 5.64. The first kappa shape index (κ1) is 21.1. The maximum atomic E-state index is 12.7. The van der Waals surface area contributed by atoms with Crippen LogP contribution in [0.15, 0.2) is 42.5 Å². The second-order valence-corrected chi connectivity index (χ2v) is 6.11. The largest absolute Gasteiger partial charge is 0.497 e. The Morgan fingerprint density at radius 2 is 1.71 bits per heavy atom. The number of methoxy groups -OCH3 is 2. The number of benzene rings is 2. The Morgan fingerprint density at radius 3 is 2.29 bits per heavy atom. The van der Waals surface area contributed by atoms with E-state index in [4.69, 9.17) is 14.2 Å². The summed E-state index contributed by atoms with van der Waals surface area (Å²) < 4.78 is 15.9. The summed E-state index contributed by atoms with van der Waals surface area (Å²) in [5, 5.41) is 12.0. The summed E-state index contributed by atoms with van der Waals surface area (Å²) in [4.78, 5) is 24.0. The highest BCUT2D eigenvalue weighted by molar-refractivity contribution is 5.97. The molecule has 0 fully saturated rings. The van der Waals surface area contributed by atoms with Gasteiger partial charge in [0.1, 0.15) is 17.2 Å². The molecule has 7 heteroatoms. The zero-order valence-electron chi connectivity index (χ0n) is 16.2. The molecule has 150 valence electrons. The summed E-state index contributed by atoms with van der Waals surface area (Å²) in [5.41, 5.74) is 0.966. The minimum atomic E-state index is -1.02. The molecule has 1 amide bonds. The van der Waals surface area contributed by atoms with Gasteiger partial charge < -0.3 is 24.6 Å². The molecule has 0 spiro atoms. The second-order valence-electron chi connectivity index (χ2n) is 6.11. The molecular formula is C21H25NO6. The monoisotopic (exact) mass is 387 g/mol. The number of aliphatic carboxylic acids is 1. The number of amides is 1. The SMILES string of the molecule is CCCOc1ccc(C(CC(=O)O)NC(=O)c2ccc(OC)cc2OC)cc1. The van der Waals surface area contributed by atoms with Crippen LogP contribution in [-0.2, 0) is 4.79 Å². The summed E-state index contributed by atoms with van der Waals surface area (Å²) in [5.74, 6) is 0.144. The van der Waals surface area contributed by atoms with Crippen molar-refractivity contribution in [3.8, 4) is 17.2 Å². The average Bonchev–Trinajstić information content (AvgIpc) is 2.71. The van der Waals surface area contributed by atoms with E-state index in [0.29, 0.717) is 35.0 Å². The smallest absolute Gasteiger partial charge is 0.305 e. The lowest BCUT2D eigenvalue weighted by molar-refractivity contribution is -0.137. The Balaban J connectivity index is 2.22. The minimum absolute atomic E-state index is 0.251. The number of carbonyl (C=O) groups is 2. The van der Waals surface area contributed by atoms with Crippen molar-refractivity contribution < 1.29 is 28.9 Å². The van der Waals surface area contributed by atoms with Gasteiger partial charge in [0.25, 0.3) is 5.91 Å². The number of nitrogens with one attached hydrogen (secondary N) is 1. The molecule has 7 nitrogen and oxygen atoms in total. The van der Waals surface area contributed by atoms with Gasteiger partial charge in [-0.2, -0.15) is 0 Å². The summed E-state index contributed by atoms with van der Waals surface area (Å²) in [6.07, 6.45) is 0.641. The Kier molecular flexibility index (Phi) is 7.68. The molecule has 1 unspecified atom stereocenters. The summed E-state index contributed by atoms with van der Waals surface area (Å²) in [7, 11) is 2.97. The lowest BCUT2D eigenvalue weighted by Crippen LogP contribution is -2.30. The first-order valence-electron chi connectivity index (χ1n) is 8.96. The number of hydrogen-bond acceptors (Lipinski definition) is 5. The Bertz CT molecular complexity index is 803. The normalized spacial score (nSPS) is 11.4. The zero-order chi connectivity index (χ0) is 20.5. The molecule has 28 heavy (non-hydrogen) atoms. The van der Waals surface area contributed by atoms with Crippen LogP contribution in [-0.4, -0.2) is 37.8 Å². The molecule has 0 aromatic heterocycles. The van der Waals surface area contributed by atoms with Crippen LogP contribution < -0.4 is 19.5 Å². The van der Waals surface area contributed by atoms with E-state index in [1.165, 1.54) is 14.2 Å². The van der Waals surface area contributed by atoms with Gasteiger partial charge in [0.2, 0.25) is 0 Å². The molecule has 0 aliphatic rings. The van der Waals surface area contributed by atoms with Gasteiger partial charge in [0.05, 0.1) is 38.9 Å². The van der Waals surface area contributed by atoms with Crippen molar-refractivity contribution in [3.63, 3.8) is 0 Å². The quantitative estimate of drug-likeness (QED) is 0.649. The van der Waals surface area contributed by atoms with Gasteiger partial charge in [-0.05, 0) is 36.2 Å². The molecule has 2 N–H and O–H groups in total. The highest BCUT2D eigenvalue weighted by atomic mass is 16.5. The van der Waals surface area contributed by atoms with E-state index in [1.54, 1.807) is 42.5 Å². The fourth-order valence-corrected chi connectivity index (χ4v) is 2.67. The maximum Gasteiger partial charge on any atom is 0.305 e.